The lowest BCUT2D eigenvalue weighted by Gasteiger charge is -2.17. The number of carbonyl (C=O) groups excluding carboxylic acids is 3. The van der Waals surface area contributed by atoms with E-state index < -0.39 is 18.2 Å². The normalized spacial score (nSPS) is 19.3. The first kappa shape index (κ1) is 15.7. The Balaban J connectivity index is 1.75. The number of carbonyl (C=O) groups is 3. The highest BCUT2D eigenvalue weighted by molar-refractivity contribution is 5.99. The molecule has 1 heterocycles. The van der Waals surface area contributed by atoms with E-state index in [9.17, 15) is 14.4 Å². The zero-order chi connectivity index (χ0) is 17.1. The van der Waals surface area contributed by atoms with Crippen LogP contribution < -0.4 is 10.6 Å². The number of benzene rings is 2. The summed E-state index contributed by atoms with van der Waals surface area (Å²) in [5, 5.41) is 5.25. The molecule has 2 aromatic rings. The highest BCUT2D eigenvalue weighted by Crippen LogP contribution is 2.27. The standard InChI is InChI=1S/C18H16N2O4/c1-11(21)12-7-9-14(10-8-12)19-17(22)15-16(24-18(23)20-15)13-5-3-2-4-6-13/h2-10,15-16H,1H3,(H,19,22)(H,20,23). The Morgan fingerprint density at radius 2 is 1.71 bits per heavy atom. The van der Waals surface area contributed by atoms with Gasteiger partial charge in [0.25, 0.3) is 5.91 Å². The van der Waals surface area contributed by atoms with Gasteiger partial charge in [-0.3, -0.25) is 9.59 Å². The average Bonchev–Trinajstić information content (AvgIpc) is 2.98. The molecule has 1 aliphatic heterocycles. The molecule has 0 spiro atoms. The first-order valence-electron chi connectivity index (χ1n) is 7.48. The van der Waals surface area contributed by atoms with Crippen LogP contribution in [0.1, 0.15) is 28.9 Å². The van der Waals surface area contributed by atoms with Crippen LogP contribution in [0.2, 0.25) is 0 Å². The van der Waals surface area contributed by atoms with Gasteiger partial charge in [-0.1, -0.05) is 30.3 Å². The summed E-state index contributed by atoms with van der Waals surface area (Å²) in [6, 6.07) is 14.8. The molecule has 24 heavy (non-hydrogen) atoms. The van der Waals surface area contributed by atoms with Crippen LogP contribution in [0.4, 0.5) is 10.5 Å². The minimum absolute atomic E-state index is 0.0477. The van der Waals surface area contributed by atoms with Crippen LogP contribution in [0.25, 0.3) is 0 Å². The van der Waals surface area contributed by atoms with E-state index in [1.54, 1.807) is 36.4 Å². The smallest absolute Gasteiger partial charge is 0.408 e. The minimum atomic E-state index is -0.826. The third-order valence-electron chi connectivity index (χ3n) is 3.78. The van der Waals surface area contributed by atoms with E-state index in [4.69, 9.17) is 4.74 Å². The summed E-state index contributed by atoms with van der Waals surface area (Å²) in [6.45, 7) is 1.48. The monoisotopic (exact) mass is 324 g/mol. The molecule has 2 aromatic carbocycles. The number of amides is 2. The molecule has 122 valence electrons. The third kappa shape index (κ3) is 3.27. The van der Waals surface area contributed by atoms with E-state index >= 15 is 0 Å². The predicted octanol–water partition coefficient (Wildman–Crippen LogP) is 2.68. The maximum atomic E-state index is 12.5. The zero-order valence-corrected chi connectivity index (χ0v) is 13.0. The fourth-order valence-electron chi connectivity index (χ4n) is 2.53. The number of cyclic esters (lactones) is 1. The number of hydrogen-bond acceptors (Lipinski definition) is 4. The molecule has 1 saturated heterocycles. The van der Waals surface area contributed by atoms with Crippen LogP contribution in [0.5, 0.6) is 0 Å². The molecule has 3 rings (SSSR count). The van der Waals surface area contributed by atoms with Crippen LogP contribution in [-0.2, 0) is 9.53 Å². The van der Waals surface area contributed by atoms with E-state index in [1.807, 2.05) is 18.2 Å². The Hall–Kier alpha value is -3.15. The largest absolute Gasteiger partial charge is 0.439 e. The summed E-state index contributed by atoms with van der Waals surface area (Å²) in [5.74, 6) is -0.432. The number of ether oxygens (including phenoxy) is 1. The summed E-state index contributed by atoms with van der Waals surface area (Å²) in [6.07, 6.45) is -1.31. The lowest BCUT2D eigenvalue weighted by molar-refractivity contribution is -0.119. The topological polar surface area (TPSA) is 84.5 Å². The van der Waals surface area contributed by atoms with Crippen molar-refractivity contribution in [1.82, 2.24) is 5.32 Å². The second kappa shape index (κ2) is 6.54. The number of alkyl carbamates (subject to hydrolysis) is 1. The van der Waals surface area contributed by atoms with E-state index in [1.165, 1.54) is 6.92 Å². The summed E-state index contributed by atoms with van der Waals surface area (Å²) >= 11 is 0. The van der Waals surface area contributed by atoms with Gasteiger partial charge in [0.05, 0.1) is 0 Å². The van der Waals surface area contributed by atoms with Gasteiger partial charge in [-0.05, 0) is 36.8 Å². The molecule has 2 N–H and O–H groups in total. The summed E-state index contributed by atoms with van der Waals surface area (Å²) in [4.78, 5) is 35.3. The molecule has 0 aromatic heterocycles. The SMILES string of the molecule is CC(=O)c1ccc(NC(=O)C2NC(=O)OC2c2ccccc2)cc1. The quantitative estimate of drug-likeness (QED) is 0.847. The third-order valence-corrected chi connectivity index (χ3v) is 3.78. The Kier molecular flexibility index (Phi) is 4.29. The van der Waals surface area contributed by atoms with Crippen molar-refractivity contribution in [3.8, 4) is 0 Å². The van der Waals surface area contributed by atoms with Crippen LogP contribution in [0.15, 0.2) is 54.6 Å². The number of rotatable bonds is 4. The maximum absolute atomic E-state index is 12.5. The molecule has 0 radical (unpaired) electrons. The summed E-state index contributed by atoms with van der Waals surface area (Å²) in [7, 11) is 0. The first-order valence-corrected chi connectivity index (χ1v) is 7.48. The molecule has 0 bridgehead atoms. The molecular formula is C18H16N2O4. The second-order valence-electron chi connectivity index (χ2n) is 5.48. The van der Waals surface area contributed by atoms with Crippen molar-refractivity contribution in [3.05, 3.63) is 65.7 Å². The maximum Gasteiger partial charge on any atom is 0.408 e. The van der Waals surface area contributed by atoms with Crippen LogP contribution in [0, 0.1) is 0 Å². The van der Waals surface area contributed by atoms with Gasteiger partial charge >= 0.3 is 6.09 Å². The summed E-state index contributed by atoms with van der Waals surface area (Å²) in [5.41, 5.74) is 1.84. The van der Waals surface area contributed by atoms with E-state index in [-0.39, 0.29) is 11.7 Å². The van der Waals surface area contributed by atoms with Gasteiger partial charge in [0.15, 0.2) is 17.9 Å². The molecule has 2 unspecified atom stereocenters. The Bertz CT molecular complexity index is 771. The van der Waals surface area contributed by atoms with Crippen LogP contribution >= 0.6 is 0 Å². The number of hydrogen-bond donors (Lipinski definition) is 2. The van der Waals surface area contributed by atoms with Gasteiger partial charge < -0.3 is 15.4 Å². The Labute approximate surface area is 138 Å². The fourth-order valence-corrected chi connectivity index (χ4v) is 2.53. The van der Waals surface area contributed by atoms with Crippen molar-refractivity contribution in [2.24, 2.45) is 0 Å². The van der Waals surface area contributed by atoms with Crippen molar-refractivity contribution in [1.29, 1.82) is 0 Å². The van der Waals surface area contributed by atoms with Crippen molar-refractivity contribution in [3.63, 3.8) is 0 Å². The van der Waals surface area contributed by atoms with Gasteiger partial charge in [-0.15, -0.1) is 0 Å². The van der Waals surface area contributed by atoms with Crippen LogP contribution in [0.3, 0.4) is 0 Å². The molecular weight excluding hydrogens is 308 g/mol. The Morgan fingerprint density at radius 3 is 2.33 bits per heavy atom. The molecule has 0 aliphatic carbocycles. The number of anilines is 1. The number of ketones is 1. The fraction of sp³-hybridized carbons (Fsp3) is 0.167. The lowest BCUT2D eigenvalue weighted by Crippen LogP contribution is -2.40. The Morgan fingerprint density at radius 1 is 1.04 bits per heavy atom. The highest BCUT2D eigenvalue weighted by Gasteiger charge is 2.40. The van der Waals surface area contributed by atoms with E-state index in [0.29, 0.717) is 11.3 Å². The van der Waals surface area contributed by atoms with Gasteiger partial charge in [-0.2, -0.15) is 0 Å². The van der Waals surface area contributed by atoms with Crippen molar-refractivity contribution in [2.75, 3.05) is 5.32 Å². The molecule has 1 aliphatic rings. The van der Waals surface area contributed by atoms with E-state index in [0.717, 1.165) is 5.56 Å². The molecule has 0 saturated carbocycles. The first-order chi connectivity index (χ1) is 11.5. The van der Waals surface area contributed by atoms with Crippen LogP contribution in [-0.4, -0.2) is 23.8 Å². The van der Waals surface area contributed by atoms with Crippen molar-refractivity contribution < 1.29 is 19.1 Å². The molecule has 2 atom stereocenters. The zero-order valence-electron chi connectivity index (χ0n) is 13.0. The van der Waals surface area contributed by atoms with Crippen molar-refractivity contribution in [2.45, 2.75) is 19.1 Å². The highest BCUT2D eigenvalue weighted by atomic mass is 16.6. The molecule has 1 fully saturated rings. The predicted molar refractivity (Wildman–Crippen MR) is 87.7 cm³/mol. The minimum Gasteiger partial charge on any atom is -0.439 e. The average molecular weight is 324 g/mol. The van der Waals surface area contributed by atoms with E-state index in [2.05, 4.69) is 10.6 Å². The number of Topliss-reactive ketones (excluding diaryl/α,β-unsaturated/α-hetero) is 1. The van der Waals surface area contributed by atoms with Gasteiger partial charge in [0, 0.05) is 11.3 Å². The lowest BCUT2D eigenvalue weighted by atomic mass is 10.0. The number of nitrogens with one attached hydrogen (secondary N) is 2. The molecule has 6 heteroatoms. The van der Waals surface area contributed by atoms with Crippen molar-refractivity contribution >= 4 is 23.5 Å². The van der Waals surface area contributed by atoms with Gasteiger partial charge in [0.2, 0.25) is 0 Å². The summed E-state index contributed by atoms with van der Waals surface area (Å²) < 4.78 is 5.21. The second-order valence-corrected chi connectivity index (χ2v) is 5.48. The molecule has 6 nitrogen and oxygen atoms in total. The van der Waals surface area contributed by atoms with Gasteiger partial charge in [-0.25, -0.2) is 4.79 Å². The molecule has 2 amide bonds. The van der Waals surface area contributed by atoms with Gasteiger partial charge in [0.1, 0.15) is 0 Å².